The molecule has 2 heterocycles. The maximum absolute atomic E-state index is 12.5. The first-order valence-electron chi connectivity index (χ1n) is 8.62. The number of rotatable bonds is 4. The molecule has 4 rings (SSSR count). The highest BCUT2D eigenvalue weighted by atomic mass is 16.5. The molecule has 2 unspecified atom stereocenters. The number of ether oxygens (including phenoxy) is 1. The Hall–Kier alpha value is -2.63. The molecule has 130 valence electrons. The predicted octanol–water partition coefficient (Wildman–Crippen LogP) is 1.23. The maximum atomic E-state index is 12.5. The van der Waals surface area contributed by atoms with Gasteiger partial charge in [0.15, 0.2) is 6.61 Å². The van der Waals surface area contributed by atoms with Crippen molar-refractivity contribution in [1.82, 2.24) is 9.80 Å². The van der Waals surface area contributed by atoms with Crippen molar-refractivity contribution in [2.75, 3.05) is 19.7 Å². The number of hydrogen-bond donors (Lipinski definition) is 0. The smallest absolute Gasteiger partial charge is 0.260 e. The Kier molecular flexibility index (Phi) is 4.03. The predicted molar refractivity (Wildman–Crippen MR) is 89.5 cm³/mol. The van der Waals surface area contributed by atoms with Gasteiger partial charge in [0.25, 0.3) is 5.91 Å². The summed E-state index contributed by atoms with van der Waals surface area (Å²) in [6, 6.07) is 8.97. The summed E-state index contributed by atoms with van der Waals surface area (Å²) < 4.78 is 5.46. The molecular formula is C19H20N2O4. The van der Waals surface area contributed by atoms with Gasteiger partial charge in [0.05, 0.1) is 17.9 Å². The van der Waals surface area contributed by atoms with Gasteiger partial charge in [-0.1, -0.05) is 30.4 Å². The van der Waals surface area contributed by atoms with Gasteiger partial charge in [0.2, 0.25) is 11.8 Å². The number of fused-ring (bicyclic) bond motifs is 1. The summed E-state index contributed by atoms with van der Waals surface area (Å²) >= 11 is 0. The second-order valence-electron chi connectivity index (χ2n) is 6.76. The minimum absolute atomic E-state index is 0.0339. The van der Waals surface area contributed by atoms with E-state index < -0.39 is 0 Å². The molecule has 25 heavy (non-hydrogen) atoms. The van der Waals surface area contributed by atoms with E-state index in [0.29, 0.717) is 31.7 Å². The molecule has 1 aromatic rings. The summed E-state index contributed by atoms with van der Waals surface area (Å²) in [7, 11) is 0. The molecule has 0 aromatic heterocycles. The molecule has 0 bridgehead atoms. The second kappa shape index (κ2) is 6.35. The van der Waals surface area contributed by atoms with Crippen LogP contribution in [0.25, 0.3) is 0 Å². The highest BCUT2D eigenvalue weighted by Gasteiger charge is 2.52. The Morgan fingerprint density at radius 2 is 1.60 bits per heavy atom. The van der Waals surface area contributed by atoms with Crippen molar-refractivity contribution < 1.29 is 19.1 Å². The summed E-state index contributed by atoms with van der Waals surface area (Å²) in [5.41, 5.74) is 0. The lowest BCUT2D eigenvalue weighted by Crippen LogP contribution is -2.63. The summed E-state index contributed by atoms with van der Waals surface area (Å²) in [5, 5.41) is 0. The van der Waals surface area contributed by atoms with Crippen molar-refractivity contribution in [3.8, 4) is 5.75 Å². The third-order valence-corrected chi connectivity index (χ3v) is 5.23. The van der Waals surface area contributed by atoms with Crippen LogP contribution in [0.5, 0.6) is 5.75 Å². The summed E-state index contributed by atoms with van der Waals surface area (Å²) in [5.74, 6) is -0.0334. The Balaban J connectivity index is 1.31. The maximum Gasteiger partial charge on any atom is 0.260 e. The van der Waals surface area contributed by atoms with Crippen molar-refractivity contribution in [1.29, 1.82) is 0 Å². The van der Waals surface area contributed by atoms with Crippen molar-refractivity contribution in [3.63, 3.8) is 0 Å². The Bertz CT molecular complexity index is 698. The quantitative estimate of drug-likeness (QED) is 0.611. The normalized spacial score (nSPS) is 25.8. The first kappa shape index (κ1) is 15.9. The fourth-order valence-electron chi connectivity index (χ4n) is 3.76. The minimum Gasteiger partial charge on any atom is -0.484 e. The van der Waals surface area contributed by atoms with Crippen molar-refractivity contribution in [2.45, 2.75) is 18.9 Å². The molecule has 3 aliphatic rings. The molecule has 0 radical (unpaired) electrons. The largest absolute Gasteiger partial charge is 0.484 e. The molecule has 2 aliphatic heterocycles. The lowest BCUT2D eigenvalue weighted by molar-refractivity contribution is -0.153. The van der Waals surface area contributed by atoms with Gasteiger partial charge in [0, 0.05) is 13.1 Å². The number of para-hydroxylation sites is 1. The second-order valence-corrected chi connectivity index (χ2v) is 6.76. The van der Waals surface area contributed by atoms with Crippen LogP contribution in [0.15, 0.2) is 42.5 Å². The van der Waals surface area contributed by atoms with Crippen molar-refractivity contribution >= 4 is 17.7 Å². The molecule has 6 nitrogen and oxygen atoms in total. The number of likely N-dealkylation sites (tertiary alicyclic amines) is 2. The molecule has 0 spiro atoms. The molecule has 1 aliphatic carbocycles. The molecule has 0 N–H and O–H groups in total. The van der Waals surface area contributed by atoms with E-state index in [1.807, 2.05) is 30.4 Å². The van der Waals surface area contributed by atoms with Gasteiger partial charge < -0.3 is 9.64 Å². The van der Waals surface area contributed by atoms with E-state index in [1.165, 1.54) is 4.90 Å². The van der Waals surface area contributed by atoms with Crippen LogP contribution in [0.2, 0.25) is 0 Å². The van der Waals surface area contributed by atoms with Gasteiger partial charge in [-0.05, 0) is 25.0 Å². The van der Waals surface area contributed by atoms with Crippen LogP contribution in [-0.2, 0) is 14.4 Å². The van der Waals surface area contributed by atoms with Crippen LogP contribution in [0.3, 0.4) is 0 Å². The number of carbonyl (C=O) groups is 3. The van der Waals surface area contributed by atoms with Gasteiger partial charge in [-0.3, -0.25) is 19.3 Å². The summed E-state index contributed by atoms with van der Waals surface area (Å²) in [6.45, 7) is 0.774. The average molecular weight is 340 g/mol. The molecule has 0 saturated carbocycles. The highest BCUT2D eigenvalue weighted by molar-refractivity contribution is 6.06. The SMILES string of the molecule is O=C(COc1ccccc1)N1CC(N2C(=O)C3CC=CCC3C2=O)C1. The fourth-order valence-corrected chi connectivity index (χ4v) is 3.76. The van der Waals surface area contributed by atoms with Crippen LogP contribution < -0.4 is 4.74 Å². The van der Waals surface area contributed by atoms with E-state index in [4.69, 9.17) is 4.74 Å². The lowest BCUT2D eigenvalue weighted by Gasteiger charge is -2.43. The minimum atomic E-state index is -0.205. The Morgan fingerprint density at radius 3 is 2.20 bits per heavy atom. The van der Waals surface area contributed by atoms with E-state index in [0.717, 1.165) is 0 Å². The standard InChI is InChI=1S/C19H20N2O4/c22-17(12-25-14-6-2-1-3-7-14)20-10-13(11-20)21-18(23)15-8-4-5-9-16(15)19(21)24/h1-7,13,15-16H,8-12H2. The Labute approximate surface area is 146 Å². The molecular weight excluding hydrogens is 320 g/mol. The van der Waals surface area contributed by atoms with Gasteiger partial charge in [0.1, 0.15) is 5.75 Å². The van der Waals surface area contributed by atoms with Crippen LogP contribution in [-0.4, -0.2) is 53.3 Å². The third kappa shape index (κ3) is 2.81. The average Bonchev–Trinajstić information content (AvgIpc) is 2.85. The van der Waals surface area contributed by atoms with Gasteiger partial charge in [-0.25, -0.2) is 0 Å². The molecule has 3 amide bonds. The number of nitrogens with zero attached hydrogens (tertiary/aromatic N) is 2. The number of allylic oxidation sites excluding steroid dienone is 2. The first-order chi connectivity index (χ1) is 12.1. The zero-order valence-electron chi connectivity index (χ0n) is 13.8. The monoisotopic (exact) mass is 340 g/mol. The first-order valence-corrected chi connectivity index (χ1v) is 8.62. The van der Waals surface area contributed by atoms with E-state index in [1.54, 1.807) is 17.0 Å². The lowest BCUT2D eigenvalue weighted by atomic mass is 9.85. The molecule has 2 fully saturated rings. The number of imide groups is 1. The fraction of sp³-hybridized carbons (Fsp3) is 0.421. The van der Waals surface area contributed by atoms with Gasteiger partial charge >= 0.3 is 0 Å². The van der Waals surface area contributed by atoms with Gasteiger partial charge in [-0.15, -0.1) is 0 Å². The molecule has 1 aromatic carbocycles. The molecule has 6 heteroatoms. The zero-order chi connectivity index (χ0) is 17.4. The van der Waals surface area contributed by atoms with Crippen LogP contribution in [0.4, 0.5) is 0 Å². The number of hydrogen-bond acceptors (Lipinski definition) is 4. The number of benzene rings is 1. The topological polar surface area (TPSA) is 66.9 Å². The van der Waals surface area contributed by atoms with E-state index in [-0.39, 0.29) is 42.2 Å². The van der Waals surface area contributed by atoms with Crippen molar-refractivity contribution in [3.05, 3.63) is 42.5 Å². The molecule has 2 atom stereocenters. The van der Waals surface area contributed by atoms with Crippen LogP contribution >= 0.6 is 0 Å². The van der Waals surface area contributed by atoms with E-state index in [9.17, 15) is 14.4 Å². The molecule has 2 saturated heterocycles. The van der Waals surface area contributed by atoms with E-state index >= 15 is 0 Å². The number of amides is 3. The summed E-state index contributed by atoms with van der Waals surface area (Å²) in [6.07, 6.45) is 5.25. The van der Waals surface area contributed by atoms with Crippen LogP contribution in [0, 0.1) is 11.8 Å². The summed E-state index contributed by atoms with van der Waals surface area (Å²) in [4.78, 5) is 40.2. The van der Waals surface area contributed by atoms with E-state index in [2.05, 4.69) is 0 Å². The van der Waals surface area contributed by atoms with Gasteiger partial charge in [-0.2, -0.15) is 0 Å². The number of carbonyl (C=O) groups excluding carboxylic acids is 3. The highest BCUT2D eigenvalue weighted by Crippen LogP contribution is 2.37. The van der Waals surface area contributed by atoms with Crippen molar-refractivity contribution in [2.24, 2.45) is 11.8 Å². The van der Waals surface area contributed by atoms with Crippen LogP contribution in [0.1, 0.15) is 12.8 Å². The third-order valence-electron chi connectivity index (χ3n) is 5.23. The Morgan fingerprint density at radius 1 is 1.00 bits per heavy atom. The zero-order valence-corrected chi connectivity index (χ0v) is 13.8.